The van der Waals surface area contributed by atoms with Crippen LogP contribution in [0.25, 0.3) is 83.3 Å². The highest BCUT2D eigenvalue weighted by Crippen LogP contribution is 2.40. The van der Waals surface area contributed by atoms with Gasteiger partial charge in [-0.15, -0.1) is 0 Å². The first-order valence-electron chi connectivity index (χ1n) is 14.8. The molecule has 0 atom stereocenters. The Hall–Kier alpha value is -6.00. The fourth-order valence-corrected chi connectivity index (χ4v) is 6.39. The van der Waals surface area contributed by atoms with Crippen LogP contribution in [0.1, 0.15) is 0 Å². The van der Waals surface area contributed by atoms with Gasteiger partial charge in [-0.25, -0.2) is 9.97 Å². The lowest BCUT2D eigenvalue weighted by atomic mass is 10.0. The van der Waals surface area contributed by atoms with Crippen molar-refractivity contribution in [2.75, 3.05) is 0 Å². The molecule has 3 heterocycles. The summed E-state index contributed by atoms with van der Waals surface area (Å²) in [5.74, 6) is 0.622. The van der Waals surface area contributed by atoms with Crippen LogP contribution in [0.3, 0.4) is 0 Å². The standard InChI is InChI=1S/C40H25N3O/c1-3-13-26(14-4-1)34-25-35(27-15-5-2-6-16-27)42-40(41-34)33-24-28(23-32-31-19-9-12-22-38(31)44-39(32)33)43-36-20-10-7-17-29(36)30-18-8-11-21-37(30)43/h1-25H. The van der Waals surface area contributed by atoms with E-state index in [9.17, 15) is 0 Å². The Labute approximate surface area is 253 Å². The minimum Gasteiger partial charge on any atom is -0.455 e. The van der Waals surface area contributed by atoms with Gasteiger partial charge in [-0.05, 0) is 36.4 Å². The Morgan fingerprint density at radius 3 is 1.59 bits per heavy atom. The van der Waals surface area contributed by atoms with Crippen LogP contribution in [0, 0.1) is 0 Å². The lowest BCUT2D eigenvalue weighted by Crippen LogP contribution is -1.99. The average Bonchev–Trinajstić information content (AvgIpc) is 3.64. The van der Waals surface area contributed by atoms with Crippen molar-refractivity contribution in [3.63, 3.8) is 0 Å². The third-order valence-corrected chi connectivity index (χ3v) is 8.41. The molecule has 4 heteroatoms. The summed E-state index contributed by atoms with van der Waals surface area (Å²) in [6.45, 7) is 0. The maximum Gasteiger partial charge on any atom is 0.164 e. The van der Waals surface area contributed by atoms with Crippen LogP contribution in [0.2, 0.25) is 0 Å². The fraction of sp³-hybridized carbons (Fsp3) is 0. The SMILES string of the molecule is c1ccc(-c2cc(-c3ccccc3)nc(-c3cc(-n4c5ccccc5c5ccccc54)cc4c3oc3ccccc34)n2)cc1. The van der Waals surface area contributed by atoms with E-state index in [0.717, 1.165) is 66.7 Å². The normalized spacial score (nSPS) is 11.6. The maximum atomic E-state index is 6.59. The summed E-state index contributed by atoms with van der Waals surface area (Å²) in [6.07, 6.45) is 0. The molecule has 0 aliphatic carbocycles. The first kappa shape index (κ1) is 24.6. The highest BCUT2D eigenvalue weighted by Gasteiger charge is 2.20. The van der Waals surface area contributed by atoms with Gasteiger partial charge in [0.2, 0.25) is 0 Å². The molecule has 0 aliphatic rings. The smallest absolute Gasteiger partial charge is 0.164 e. The Kier molecular flexibility index (Phi) is 5.47. The van der Waals surface area contributed by atoms with Crippen LogP contribution in [0.15, 0.2) is 156 Å². The lowest BCUT2D eigenvalue weighted by Gasteiger charge is -2.13. The monoisotopic (exact) mass is 563 g/mol. The van der Waals surface area contributed by atoms with Gasteiger partial charge in [0.05, 0.1) is 28.0 Å². The number of hydrogen-bond donors (Lipinski definition) is 0. The molecule has 0 spiro atoms. The van der Waals surface area contributed by atoms with Crippen LogP contribution in [-0.2, 0) is 0 Å². The molecule has 0 saturated carbocycles. The molecule has 9 rings (SSSR count). The average molecular weight is 564 g/mol. The van der Waals surface area contributed by atoms with Crippen LogP contribution in [0.5, 0.6) is 0 Å². The summed E-state index contributed by atoms with van der Waals surface area (Å²) in [7, 11) is 0. The van der Waals surface area contributed by atoms with Crippen molar-refractivity contribution in [2.24, 2.45) is 0 Å². The molecule has 0 unspecified atom stereocenters. The van der Waals surface area contributed by atoms with E-state index < -0.39 is 0 Å². The number of benzene rings is 6. The van der Waals surface area contributed by atoms with Crippen molar-refractivity contribution >= 4 is 43.7 Å². The van der Waals surface area contributed by atoms with E-state index in [1.54, 1.807) is 0 Å². The van der Waals surface area contributed by atoms with E-state index in [0.29, 0.717) is 5.82 Å². The highest BCUT2D eigenvalue weighted by molar-refractivity contribution is 6.12. The van der Waals surface area contributed by atoms with Gasteiger partial charge in [0.25, 0.3) is 0 Å². The minimum atomic E-state index is 0.622. The van der Waals surface area contributed by atoms with Crippen molar-refractivity contribution in [3.8, 4) is 39.6 Å². The van der Waals surface area contributed by atoms with Crippen LogP contribution < -0.4 is 0 Å². The van der Waals surface area contributed by atoms with E-state index in [-0.39, 0.29) is 0 Å². The molecule has 3 aromatic heterocycles. The summed E-state index contributed by atoms with van der Waals surface area (Å²) >= 11 is 0. The molecular formula is C40H25N3O. The number of furan rings is 1. The summed E-state index contributed by atoms with van der Waals surface area (Å²) in [4.78, 5) is 10.4. The summed E-state index contributed by atoms with van der Waals surface area (Å²) < 4.78 is 8.93. The van der Waals surface area contributed by atoms with Gasteiger partial charge in [0.15, 0.2) is 5.82 Å². The molecule has 9 aromatic rings. The highest BCUT2D eigenvalue weighted by atomic mass is 16.3. The summed E-state index contributed by atoms with van der Waals surface area (Å²) in [5, 5.41) is 4.53. The first-order chi connectivity index (χ1) is 21.8. The summed E-state index contributed by atoms with van der Waals surface area (Å²) in [6, 6.07) is 52.4. The van der Waals surface area contributed by atoms with Gasteiger partial charge in [0, 0.05) is 38.4 Å². The zero-order chi connectivity index (χ0) is 29.0. The molecule has 4 nitrogen and oxygen atoms in total. The number of hydrogen-bond acceptors (Lipinski definition) is 3. The van der Waals surface area contributed by atoms with Crippen LogP contribution in [-0.4, -0.2) is 14.5 Å². The fourth-order valence-electron chi connectivity index (χ4n) is 6.39. The topological polar surface area (TPSA) is 43.9 Å². The number of aromatic nitrogens is 3. The summed E-state index contributed by atoms with van der Waals surface area (Å²) in [5.41, 5.74) is 9.59. The molecule has 0 aliphatic heterocycles. The van der Waals surface area contributed by atoms with E-state index in [1.165, 1.54) is 10.8 Å². The zero-order valence-electron chi connectivity index (χ0n) is 23.7. The second-order valence-corrected chi connectivity index (χ2v) is 11.0. The predicted molar refractivity (Wildman–Crippen MR) is 180 cm³/mol. The van der Waals surface area contributed by atoms with E-state index >= 15 is 0 Å². The van der Waals surface area contributed by atoms with Gasteiger partial charge < -0.3 is 8.98 Å². The predicted octanol–water partition coefficient (Wildman–Crippen LogP) is 10.5. The third kappa shape index (κ3) is 3.85. The van der Waals surface area contributed by atoms with Crippen molar-refractivity contribution in [1.82, 2.24) is 14.5 Å². The van der Waals surface area contributed by atoms with E-state index in [2.05, 4.69) is 108 Å². The van der Waals surface area contributed by atoms with Gasteiger partial charge in [-0.3, -0.25) is 0 Å². The second kappa shape index (κ2) is 9.79. The maximum absolute atomic E-state index is 6.59. The number of rotatable bonds is 4. The van der Waals surface area contributed by atoms with E-state index in [1.807, 2.05) is 48.5 Å². The molecule has 0 N–H and O–H groups in total. The lowest BCUT2D eigenvalue weighted by molar-refractivity contribution is 0.669. The van der Waals surface area contributed by atoms with Gasteiger partial charge in [0.1, 0.15) is 11.2 Å². The molecule has 0 fully saturated rings. The van der Waals surface area contributed by atoms with Gasteiger partial charge >= 0.3 is 0 Å². The third-order valence-electron chi connectivity index (χ3n) is 8.41. The largest absolute Gasteiger partial charge is 0.455 e. The van der Waals surface area contributed by atoms with E-state index in [4.69, 9.17) is 14.4 Å². The molecule has 6 aromatic carbocycles. The van der Waals surface area contributed by atoms with Crippen LogP contribution in [0.4, 0.5) is 0 Å². The van der Waals surface area contributed by atoms with Crippen molar-refractivity contribution < 1.29 is 4.42 Å². The van der Waals surface area contributed by atoms with Crippen molar-refractivity contribution in [2.45, 2.75) is 0 Å². The van der Waals surface area contributed by atoms with Crippen molar-refractivity contribution in [1.29, 1.82) is 0 Å². The number of fused-ring (bicyclic) bond motifs is 6. The number of para-hydroxylation sites is 3. The van der Waals surface area contributed by atoms with Gasteiger partial charge in [-0.2, -0.15) is 0 Å². The molecule has 0 radical (unpaired) electrons. The second-order valence-electron chi connectivity index (χ2n) is 11.0. The minimum absolute atomic E-state index is 0.622. The first-order valence-corrected chi connectivity index (χ1v) is 14.8. The van der Waals surface area contributed by atoms with Crippen molar-refractivity contribution in [3.05, 3.63) is 152 Å². The molecule has 0 amide bonds. The van der Waals surface area contributed by atoms with Crippen LogP contribution >= 0.6 is 0 Å². The molecular weight excluding hydrogens is 538 g/mol. The number of nitrogens with zero attached hydrogens (tertiary/aromatic N) is 3. The zero-order valence-corrected chi connectivity index (χ0v) is 23.7. The Morgan fingerprint density at radius 2 is 0.977 bits per heavy atom. The molecule has 44 heavy (non-hydrogen) atoms. The Bertz CT molecular complexity index is 2380. The van der Waals surface area contributed by atoms with Gasteiger partial charge in [-0.1, -0.05) is 115 Å². The molecule has 0 saturated heterocycles. The quantitative estimate of drug-likeness (QED) is 0.214. The Morgan fingerprint density at radius 1 is 0.455 bits per heavy atom. The Balaban J connectivity index is 1.40. The molecule has 206 valence electrons. The molecule has 0 bridgehead atoms.